The van der Waals surface area contributed by atoms with Crippen molar-refractivity contribution in [1.29, 1.82) is 5.26 Å². The smallest absolute Gasteiger partial charge is 0.274 e. The molecule has 3 aromatic heterocycles. The zero-order valence-corrected chi connectivity index (χ0v) is 23.5. The number of carbonyl (C=O) groups is 2. The summed E-state index contributed by atoms with van der Waals surface area (Å²) in [6.07, 6.45) is 6.77. The van der Waals surface area contributed by atoms with Crippen LogP contribution in [0.5, 0.6) is 0 Å². The first-order chi connectivity index (χ1) is 18.2. The molecular formula is C24H20Cl2N8O2S2. The van der Waals surface area contributed by atoms with Crippen molar-refractivity contribution in [2.24, 2.45) is 4.36 Å². The number of halogens is 2. The zero-order chi connectivity index (χ0) is 27.4. The summed E-state index contributed by atoms with van der Waals surface area (Å²) in [4.78, 5) is 36.2. The molecule has 0 aliphatic carbocycles. The Hall–Kier alpha value is -3.63. The molecule has 1 unspecified atom stereocenters. The van der Waals surface area contributed by atoms with Crippen molar-refractivity contribution < 1.29 is 9.59 Å². The normalized spacial score (nSPS) is 11.7. The summed E-state index contributed by atoms with van der Waals surface area (Å²) >= 11 is 13.9. The first-order valence-corrected chi connectivity index (χ1v) is 14.3. The van der Waals surface area contributed by atoms with E-state index in [-0.39, 0.29) is 27.8 Å². The van der Waals surface area contributed by atoms with Crippen molar-refractivity contribution in [1.82, 2.24) is 19.7 Å². The summed E-state index contributed by atoms with van der Waals surface area (Å²) in [5, 5.41) is 20.0. The van der Waals surface area contributed by atoms with Crippen LogP contribution in [0.3, 0.4) is 0 Å². The molecule has 1 aromatic carbocycles. The molecule has 1 atom stereocenters. The number of hydrogen-bond acceptors (Lipinski definition) is 8. The predicted molar refractivity (Wildman–Crippen MR) is 150 cm³/mol. The lowest BCUT2D eigenvalue weighted by Gasteiger charge is -2.15. The van der Waals surface area contributed by atoms with Gasteiger partial charge in [0.15, 0.2) is 10.9 Å². The van der Waals surface area contributed by atoms with E-state index < -0.39 is 22.5 Å². The average molecular weight is 588 g/mol. The number of nitriles is 1. The number of carbonyl (C=O) groups excluding carboxylic acids is 2. The van der Waals surface area contributed by atoms with Crippen LogP contribution in [0.1, 0.15) is 37.0 Å². The zero-order valence-electron chi connectivity index (χ0n) is 20.3. The van der Waals surface area contributed by atoms with Crippen LogP contribution in [0.4, 0.5) is 10.8 Å². The topological polar surface area (TPSA) is 138 Å². The van der Waals surface area contributed by atoms with E-state index in [0.717, 1.165) is 4.88 Å². The monoisotopic (exact) mass is 586 g/mol. The molecule has 0 spiro atoms. The fraction of sp³-hybridized carbons (Fsp3) is 0.167. The molecule has 14 heteroatoms. The number of amides is 2. The molecule has 4 aromatic rings. The average Bonchev–Trinajstić information content (AvgIpc) is 3.46. The van der Waals surface area contributed by atoms with Gasteiger partial charge in [-0.3, -0.25) is 14.9 Å². The van der Waals surface area contributed by atoms with Gasteiger partial charge in [-0.05, 0) is 56.0 Å². The number of benzene rings is 1. The van der Waals surface area contributed by atoms with Gasteiger partial charge in [-0.25, -0.2) is 14.6 Å². The molecule has 38 heavy (non-hydrogen) atoms. The van der Waals surface area contributed by atoms with Gasteiger partial charge in [0, 0.05) is 28.0 Å². The third-order valence-electron chi connectivity index (χ3n) is 5.11. The Labute approximate surface area is 234 Å². The number of pyridine rings is 1. The van der Waals surface area contributed by atoms with Gasteiger partial charge in [0.2, 0.25) is 6.19 Å². The molecule has 0 radical (unpaired) electrons. The minimum atomic E-state index is -0.632. The molecule has 0 aliphatic rings. The quantitative estimate of drug-likeness (QED) is 0.272. The van der Waals surface area contributed by atoms with Gasteiger partial charge in [-0.1, -0.05) is 33.9 Å². The molecule has 0 fully saturated rings. The van der Waals surface area contributed by atoms with Crippen LogP contribution in [-0.4, -0.2) is 37.8 Å². The summed E-state index contributed by atoms with van der Waals surface area (Å²) in [6, 6.07) is 8.00. The van der Waals surface area contributed by atoms with Crippen molar-refractivity contribution in [2.75, 3.05) is 16.9 Å². The summed E-state index contributed by atoms with van der Waals surface area (Å²) in [5.74, 6) is -0.436. The second-order valence-electron chi connectivity index (χ2n) is 8.01. The number of aromatic nitrogens is 4. The summed E-state index contributed by atoms with van der Waals surface area (Å²) in [5.41, 5.74) is 1.68. The Balaban J connectivity index is 1.73. The van der Waals surface area contributed by atoms with Crippen LogP contribution in [0.25, 0.3) is 5.82 Å². The summed E-state index contributed by atoms with van der Waals surface area (Å²) in [7, 11) is -0.632. The van der Waals surface area contributed by atoms with Gasteiger partial charge in [0.1, 0.15) is 5.69 Å². The molecule has 194 valence electrons. The number of anilines is 2. The van der Waals surface area contributed by atoms with Gasteiger partial charge >= 0.3 is 0 Å². The summed E-state index contributed by atoms with van der Waals surface area (Å²) in [6.45, 7) is 3.61. The SMILES string of the molecule is Cc1cnc(NC(=O)c2cc(Cl)cc(C)c2NC(=O)c2cc(CS(C)=NC#N)nn2-c2ncccc2Cl)s1. The lowest BCUT2D eigenvalue weighted by atomic mass is 10.1. The lowest BCUT2D eigenvalue weighted by molar-refractivity contribution is 0.101. The van der Waals surface area contributed by atoms with Crippen molar-refractivity contribution in [3.05, 3.63) is 80.2 Å². The van der Waals surface area contributed by atoms with Crippen LogP contribution in [0, 0.1) is 25.3 Å². The Kier molecular flexibility index (Phi) is 8.53. The molecule has 4 rings (SSSR count). The number of aryl methyl sites for hydroxylation is 2. The van der Waals surface area contributed by atoms with E-state index in [4.69, 9.17) is 28.5 Å². The van der Waals surface area contributed by atoms with Crippen molar-refractivity contribution in [3.63, 3.8) is 0 Å². The van der Waals surface area contributed by atoms with Crippen molar-refractivity contribution in [3.8, 4) is 12.0 Å². The fourth-order valence-electron chi connectivity index (χ4n) is 3.52. The third kappa shape index (κ3) is 6.25. The van der Waals surface area contributed by atoms with Gasteiger partial charge in [0.05, 0.1) is 22.0 Å². The van der Waals surface area contributed by atoms with Gasteiger partial charge in [0.25, 0.3) is 11.8 Å². The fourth-order valence-corrected chi connectivity index (χ4v) is 5.42. The molecule has 0 bridgehead atoms. The standard InChI is InChI=1S/C24H20Cl2N8O2S2/c1-13-7-15(25)8-17(22(35)32-24-29-10-14(2)37-24)20(13)31-23(36)19-9-16(11-38(3)30-12-27)33-34(19)21-18(26)5-4-6-28-21/h4-10H,11H2,1-3H3,(H,31,36)(H,29,32,35). The van der Waals surface area contributed by atoms with E-state index in [9.17, 15) is 9.59 Å². The van der Waals surface area contributed by atoms with E-state index in [1.54, 1.807) is 49.8 Å². The molecule has 0 aliphatic heterocycles. The first-order valence-electron chi connectivity index (χ1n) is 10.9. The molecule has 2 N–H and O–H groups in total. The van der Waals surface area contributed by atoms with E-state index >= 15 is 0 Å². The Morgan fingerprint density at radius 2 is 1.97 bits per heavy atom. The number of rotatable bonds is 7. The van der Waals surface area contributed by atoms with Crippen LogP contribution >= 0.6 is 34.5 Å². The number of thiazole rings is 1. The largest absolute Gasteiger partial charge is 0.320 e. The molecule has 2 amide bonds. The minimum Gasteiger partial charge on any atom is -0.320 e. The molecule has 3 heterocycles. The summed E-state index contributed by atoms with van der Waals surface area (Å²) < 4.78 is 5.16. The highest BCUT2D eigenvalue weighted by Gasteiger charge is 2.23. The second kappa shape index (κ2) is 11.8. The van der Waals surface area contributed by atoms with E-state index in [1.807, 2.05) is 6.92 Å². The third-order valence-corrected chi connectivity index (χ3v) is 7.56. The number of nitrogens with one attached hydrogen (secondary N) is 2. The predicted octanol–water partition coefficient (Wildman–Crippen LogP) is 5.56. The van der Waals surface area contributed by atoms with Crippen LogP contribution in [0.2, 0.25) is 10.0 Å². The maximum absolute atomic E-state index is 13.6. The number of hydrogen-bond donors (Lipinski definition) is 2. The Morgan fingerprint density at radius 1 is 1.18 bits per heavy atom. The highest BCUT2D eigenvalue weighted by molar-refractivity contribution is 7.85. The highest BCUT2D eigenvalue weighted by Crippen LogP contribution is 2.29. The van der Waals surface area contributed by atoms with Crippen molar-refractivity contribution in [2.45, 2.75) is 19.6 Å². The second-order valence-corrected chi connectivity index (χ2v) is 11.8. The molecule has 0 saturated heterocycles. The Bertz CT molecular complexity index is 1620. The lowest BCUT2D eigenvalue weighted by Crippen LogP contribution is -2.21. The Morgan fingerprint density at radius 3 is 2.66 bits per heavy atom. The molecule has 0 saturated carbocycles. The maximum Gasteiger partial charge on any atom is 0.274 e. The van der Waals surface area contributed by atoms with Crippen LogP contribution in [-0.2, 0) is 16.4 Å². The first kappa shape index (κ1) is 27.4. The molecule has 10 nitrogen and oxygen atoms in total. The van der Waals surface area contributed by atoms with E-state index in [0.29, 0.717) is 27.2 Å². The van der Waals surface area contributed by atoms with Crippen molar-refractivity contribution >= 4 is 67.9 Å². The highest BCUT2D eigenvalue weighted by atomic mass is 35.5. The molecular weight excluding hydrogens is 567 g/mol. The van der Waals surface area contributed by atoms with Gasteiger partial charge in [-0.2, -0.15) is 14.7 Å². The number of nitrogens with zero attached hydrogens (tertiary/aromatic N) is 6. The van der Waals surface area contributed by atoms with Gasteiger partial charge in [-0.15, -0.1) is 11.3 Å². The van der Waals surface area contributed by atoms with E-state index in [1.165, 1.54) is 28.3 Å². The van der Waals surface area contributed by atoms with Crippen LogP contribution in [0.15, 0.2) is 47.1 Å². The minimum absolute atomic E-state index is 0.130. The van der Waals surface area contributed by atoms with E-state index in [2.05, 4.69) is 30.1 Å². The maximum atomic E-state index is 13.6. The van der Waals surface area contributed by atoms with Gasteiger partial charge < -0.3 is 5.32 Å². The van der Waals surface area contributed by atoms with Crippen LogP contribution < -0.4 is 10.6 Å².